The van der Waals surface area contributed by atoms with Gasteiger partial charge in [0.15, 0.2) is 5.78 Å². The summed E-state index contributed by atoms with van der Waals surface area (Å²) in [5, 5.41) is 14.2. The molecule has 0 aromatic carbocycles. The highest BCUT2D eigenvalue weighted by atomic mass is 16.6. The molecular weight excluding hydrogens is 370 g/mol. The SMILES string of the molecule is CO[C@H]1CC(=O)[C@@]23C(=O)N[C@@H](C)[C@@H]2C(C)=C(C)[C@@H](O)[C@@H]3/C=C/C[C@H](C)[C@H]2O[C@@]12C. The molecule has 2 aliphatic heterocycles. The summed E-state index contributed by atoms with van der Waals surface area (Å²) in [5.41, 5.74) is -0.0475. The third-order valence-electron chi connectivity index (χ3n) is 8.14. The van der Waals surface area contributed by atoms with E-state index in [1.54, 1.807) is 7.11 Å². The number of fused-ring (bicyclic) bond motifs is 1. The van der Waals surface area contributed by atoms with Crippen molar-refractivity contribution in [3.05, 3.63) is 23.3 Å². The van der Waals surface area contributed by atoms with Crippen molar-refractivity contribution in [2.24, 2.45) is 23.2 Å². The van der Waals surface area contributed by atoms with Crippen LogP contribution in [-0.2, 0) is 19.1 Å². The van der Waals surface area contributed by atoms with Crippen LogP contribution in [-0.4, -0.2) is 53.9 Å². The van der Waals surface area contributed by atoms with Gasteiger partial charge in [-0.3, -0.25) is 9.59 Å². The quantitative estimate of drug-likeness (QED) is 0.398. The molecule has 0 aromatic heterocycles. The molecule has 0 radical (unpaired) electrons. The highest BCUT2D eigenvalue weighted by Gasteiger charge is 2.68. The Balaban J connectivity index is 1.88. The third-order valence-corrected chi connectivity index (χ3v) is 8.14. The Morgan fingerprint density at radius 3 is 2.59 bits per heavy atom. The van der Waals surface area contributed by atoms with Gasteiger partial charge in [0.25, 0.3) is 0 Å². The fourth-order valence-corrected chi connectivity index (χ4v) is 6.36. The van der Waals surface area contributed by atoms with E-state index in [4.69, 9.17) is 9.47 Å². The largest absolute Gasteiger partial charge is 0.388 e. The molecule has 9 atom stereocenters. The number of aliphatic hydroxyl groups excluding tert-OH is 1. The number of rotatable bonds is 1. The van der Waals surface area contributed by atoms with E-state index in [9.17, 15) is 14.7 Å². The molecule has 4 rings (SSSR count). The third kappa shape index (κ3) is 2.65. The van der Waals surface area contributed by atoms with E-state index in [0.29, 0.717) is 0 Å². The number of aliphatic hydroxyl groups is 1. The molecule has 0 aromatic rings. The fourth-order valence-electron chi connectivity index (χ4n) is 6.36. The number of nitrogens with one attached hydrogen (secondary N) is 1. The first-order valence-corrected chi connectivity index (χ1v) is 10.7. The number of amides is 1. The van der Waals surface area contributed by atoms with E-state index >= 15 is 0 Å². The number of Topliss-reactive ketones (excluding diaryl/α,β-unsaturated/α-hetero) is 1. The van der Waals surface area contributed by atoms with E-state index in [0.717, 1.165) is 17.6 Å². The maximum absolute atomic E-state index is 13.9. The average molecular weight is 404 g/mol. The lowest BCUT2D eigenvalue weighted by Gasteiger charge is -2.46. The monoisotopic (exact) mass is 403 g/mol. The van der Waals surface area contributed by atoms with Gasteiger partial charge < -0.3 is 19.9 Å². The van der Waals surface area contributed by atoms with Gasteiger partial charge in [0.05, 0.1) is 18.3 Å². The number of carbonyl (C=O) groups is 2. The van der Waals surface area contributed by atoms with Gasteiger partial charge in [0, 0.05) is 31.4 Å². The predicted molar refractivity (Wildman–Crippen MR) is 108 cm³/mol. The van der Waals surface area contributed by atoms with Crippen molar-refractivity contribution < 1.29 is 24.2 Å². The van der Waals surface area contributed by atoms with Gasteiger partial charge in [-0.2, -0.15) is 0 Å². The van der Waals surface area contributed by atoms with Gasteiger partial charge in [0.1, 0.15) is 11.0 Å². The van der Waals surface area contributed by atoms with Crippen LogP contribution in [0.25, 0.3) is 0 Å². The van der Waals surface area contributed by atoms with Crippen molar-refractivity contribution in [3.63, 3.8) is 0 Å². The van der Waals surface area contributed by atoms with Gasteiger partial charge in [-0.05, 0) is 45.6 Å². The molecule has 4 aliphatic rings. The van der Waals surface area contributed by atoms with Crippen molar-refractivity contribution in [1.29, 1.82) is 0 Å². The number of hydrogen-bond donors (Lipinski definition) is 2. The van der Waals surface area contributed by atoms with Crippen LogP contribution in [0.1, 0.15) is 47.5 Å². The second-order valence-electron chi connectivity index (χ2n) is 9.66. The summed E-state index contributed by atoms with van der Waals surface area (Å²) in [6, 6.07) is -0.171. The molecule has 2 saturated heterocycles. The maximum Gasteiger partial charge on any atom is 0.235 e. The van der Waals surface area contributed by atoms with E-state index < -0.39 is 29.1 Å². The van der Waals surface area contributed by atoms with Crippen molar-refractivity contribution in [3.8, 4) is 0 Å². The molecule has 6 nitrogen and oxygen atoms in total. The van der Waals surface area contributed by atoms with E-state index in [1.165, 1.54) is 0 Å². The number of ketones is 1. The molecule has 0 bridgehead atoms. The van der Waals surface area contributed by atoms with Crippen LogP contribution in [0.5, 0.6) is 0 Å². The van der Waals surface area contributed by atoms with Crippen molar-refractivity contribution in [2.75, 3.05) is 7.11 Å². The molecule has 2 heterocycles. The Hall–Kier alpha value is -1.50. The summed E-state index contributed by atoms with van der Waals surface area (Å²) in [7, 11) is 1.60. The Bertz CT molecular complexity index is 803. The second-order valence-corrected chi connectivity index (χ2v) is 9.66. The van der Waals surface area contributed by atoms with Crippen LogP contribution in [0.2, 0.25) is 0 Å². The van der Waals surface area contributed by atoms with E-state index in [-0.39, 0.29) is 42.1 Å². The van der Waals surface area contributed by atoms with Gasteiger partial charge in [0.2, 0.25) is 5.91 Å². The predicted octanol–water partition coefficient (Wildman–Crippen LogP) is 2.16. The molecule has 29 heavy (non-hydrogen) atoms. The summed E-state index contributed by atoms with van der Waals surface area (Å²) in [4.78, 5) is 27.3. The highest BCUT2D eigenvalue weighted by Crippen LogP contribution is 2.56. The van der Waals surface area contributed by atoms with Crippen molar-refractivity contribution in [1.82, 2.24) is 5.32 Å². The first kappa shape index (κ1) is 20.8. The standard InChI is InChI=1S/C23H33NO5/c1-11-8-7-9-15-19(26)13(3)12(2)18-14(4)24-21(27)23(15,18)16(25)10-17(28-6)22(5)20(11)29-22/h7,9,11,14-15,17-20,26H,8,10H2,1-6H3,(H,24,27)/b9-7+/t11-,14-,15-,17-,18-,19+,20+,22-,23+/m0/s1. The topological polar surface area (TPSA) is 88.2 Å². The van der Waals surface area contributed by atoms with Gasteiger partial charge in [-0.15, -0.1) is 0 Å². The number of methoxy groups -OCH3 is 1. The Kier molecular flexibility index (Phi) is 4.84. The lowest BCUT2D eigenvalue weighted by molar-refractivity contribution is -0.149. The molecular formula is C23H33NO5. The average Bonchev–Trinajstić information content (AvgIpc) is 3.29. The maximum atomic E-state index is 13.9. The summed E-state index contributed by atoms with van der Waals surface area (Å²) < 4.78 is 11.8. The van der Waals surface area contributed by atoms with Crippen molar-refractivity contribution in [2.45, 2.75) is 77.4 Å². The van der Waals surface area contributed by atoms with Crippen molar-refractivity contribution >= 4 is 11.7 Å². The van der Waals surface area contributed by atoms with Crippen LogP contribution in [0.3, 0.4) is 0 Å². The smallest absolute Gasteiger partial charge is 0.235 e. The Morgan fingerprint density at radius 1 is 1.24 bits per heavy atom. The number of hydrogen-bond acceptors (Lipinski definition) is 5. The minimum Gasteiger partial charge on any atom is -0.388 e. The molecule has 2 aliphatic carbocycles. The van der Waals surface area contributed by atoms with Gasteiger partial charge in [-0.1, -0.05) is 24.6 Å². The zero-order valence-corrected chi connectivity index (χ0v) is 18.2. The van der Waals surface area contributed by atoms with Crippen LogP contribution in [0, 0.1) is 23.2 Å². The van der Waals surface area contributed by atoms with Crippen LogP contribution in [0.4, 0.5) is 0 Å². The van der Waals surface area contributed by atoms with E-state index in [1.807, 2.05) is 39.8 Å². The molecule has 2 N–H and O–H groups in total. The first-order chi connectivity index (χ1) is 13.6. The zero-order chi connectivity index (χ0) is 21.3. The van der Waals surface area contributed by atoms with Gasteiger partial charge >= 0.3 is 0 Å². The molecule has 6 heteroatoms. The van der Waals surface area contributed by atoms with Crippen LogP contribution >= 0.6 is 0 Å². The molecule has 160 valence electrons. The minimum absolute atomic E-state index is 0.0150. The molecule has 2 fully saturated rings. The summed E-state index contributed by atoms with van der Waals surface area (Å²) >= 11 is 0. The van der Waals surface area contributed by atoms with Crippen LogP contribution in [0.15, 0.2) is 23.3 Å². The van der Waals surface area contributed by atoms with E-state index in [2.05, 4.69) is 12.2 Å². The number of allylic oxidation sites excluding steroid dienone is 1. The summed E-state index contributed by atoms with van der Waals surface area (Å²) in [5.74, 6) is -1.05. The second kappa shape index (κ2) is 6.76. The number of epoxide rings is 1. The minimum atomic E-state index is -1.32. The summed E-state index contributed by atoms with van der Waals surface area (Å²) in [6.07, 6.45) is 3.51. The first-order valence-electron chi connectivity index (χ1n) is 10.7. The summed E-state index contributed by atoms with van der Waals surface area (Å²) in [6.45, 7) is 9.92. The fraction of sp³-hybridized carbons (Fsp3) is 0.739. The highest BCUT2D eigenvalue weighted by molar-refractivity contribution is 6.10. The molecule has 1 amide bonds. The number of ether oxygens (including phenoxy) is 2. The van der Waals surface area contributed by atoms with Gasteiger partial charge in [-0.25, -0.2) is 0 Å². The molecule has 0 saturated carbocycles. The van der Waals surface area contributed by atoms with Crippen LogP contribution < -0.4 is 5.32 Å². The Morgan fingerprint density at radius 2 is 1.93 bits per heavy atom. The molecule has 1 spiro atoms. The lowest BCUT2D eigenvalue weighted by Crippen LogP contribution is -2.56. The normalized spacial score (nSPS) is 50.8. The lowest BCUT2D eigenvalue weighted by atomic mass is 9.54. The number of carbonyl (C=O) groups excluding carboxylic acids is 2. The zero-order valence-electron chi connectivity index (χ0n) is 18.2. The Labute approximate surface area is 172 Å². The molecule has 0 unspecified atom stereocenters.